The SMILES string of the molecule is COC(=O)c1cccc(C(=O)Cc2ccc(CCOc3ccccc3-c3cnc[nH]3)cc2)c1. The van der Waals surface area contributed by atoms with E-state index in [1.165, 1.54) is 7.11 Å². The van der Waals surface area contributed by atoms with Gasteiger partial charge in [-0.1, -0.05) is 48.5 Å². The lowest BCUT2D eigenvalue weighted by atomic mass is 10.00. The lowest BCUT2D eigenvalue weighted by Crippen LogP contribution is -2.07. The molecule has 6 heteroatoms. The number of aromatic amines is 1. The number of esters is 1. The van der Waals surface area contributed by atoms with Crippen molar-refractivity contribution in [3.8, 4) is 17.0 Å². The Hall–Kier alpha value is -4.19. The molecule has 0 aliphatic heterocycles. The van der Waals surface area contributed by atoms with Crippen LogP contribution in [0.25, 0.3) is 11.3 Å². The minimum atomic E-state index is -0.455. The van der Waals surface area contributed by atoms with Crippen LogP contribution in [0.2, 0.25) is 0 Å². The molecule has 4 aromatic rings. The van der Waals surface area contributed by atoms with Crippen molar-refractivity contribution in [1.82, 2.24) is 9.97 Å². The Balaban J connectivity index is 1.33. The second-order valence-electron chi connectivity index (χ2n) is 7.55. The zero-order valence-corrected chi connectivity index (χ0v) is 18.3. The number of ketones is 1. The molecule has 0 bridgehead atoms. The predicted molar refractivity (Wildman–Crippen MR) is 125 cm³/mol. The highest BCUT2D eigenvalue weighted by atomic mass is 16.5. The van der Waals surface area contributed by atoms with Crippen LogP contribution in [0.15, 0.2) is 85.3 Å². The molecule has 0 radical (unpaired) electrons. The molecule has 1 heterocycles. The summed E-state index contributed by atoms with van der Waals surface area (Å²) in [7, 11) is 1.32. The van der Waals surface area contributed by atoms with Crippen molar-refractivity contribution in [2.75, 3.05) is 13.7 Å². The Labute approximate surface area is 192 Å². The maximum Gasteiger partial charge on any atom is 0.337 e. The van der Waals surface area contributed by atoms with Crippen LogP contribution in [-0.2, 0) is 17.6 Å². The van der Waals surface area contributed by atoms with Crippen LogP contribution in [0.5, 0.6) is 5.75 Å². The normalized spacial score (nSPS) is 10.6. The highest BCUT2D eigenvalue weighted by Crippen LogP contribution is 2.28. The molecule has 6 nitrogen and oxygen atoms in total. The Morgan fingerprint density at radius 3 is 2.42 bits per heavy atom. The van der Waals surface area contributed by atoms with Gasteiger partial charge >= 0.3 is 5.97 Å². The smallest absolute Gasteiger partial charge is 0.337 e. The number of rotatable bonds is 9. The van der Waals surface area contributed by atoms with E-state index < -0.39 is 5.97 Å². The van der Waals surface area contributed by atoms with Crippen molar-refractivity contribution >= 4 is 11.8 Å². The number of para-hydroxylation sites is 1. The first-order valence-electron chi connectivity index (χ1n) is 10.6. The molecule has 0 amide bonds. The van der Waals surface area contributed by atoms with Gasteiger partial charge in [0.05, 0.1) is 37.5 Å². The van der Waals surface area contributed by atoms with Crippen LogP contribution in [0.4, 0.5) is 0 Å². The van der Waals surface area contributed by atoms with Gasteiger partial charge in [-0.15, -0.1) is 0 Å². The van der Waals surface area contributed by atoms with E-state index in [9.17, 15) is 9.59 Å². The number of methoxy groups -OCH3 is 1. The summed E-state index contributed by atoms with van der Waals surface area (Å²) in [4.78, 5) is 31.5. The molecular formula is C27H24N2O4. The summed E-state index contributed by atoms with van der Waals surface area (Å²) in [5.41, 5.74) is 4.78. The van der Waals surface area contributed by atoms with Crippen LogP contribution in [-0.4, -0.2) is 35.4 Å². The third-order valence-electron chi connectivity index (χ3n) is 5.32. The lowest BCUT2D eigenvalue weighted by molar-refractivity contribution is 0.0600. The molecular weight excluding hydrogens is 416 g/mol. The summed E-state index contributed by atoms with van der Waals surface area (Å²) >= 11 is 0. The first kappa shape index (κ1) is 22.0. The van der Waals surface area contributed by atoms with Crippen LogP contribution in [0.1, 0.15) is 31.8 Å². The van der Waals surface area contributed by atoms with Gasteiger partial charge in [0.25, 0.3) is 0 Å². The molecule has 166 valence electrons. The standard InChI is InChI=1S/C27H24N2O4/c1-32-27(31)22-6-4-5-21(16-22)25(30)15-20-11-9-19(10-12-20)13-14-33-26-8-3-2-7-23(26)24-17-28-18-29-24/h2-12,16-18H,13-15H2,1H3,(H,28,29). The van der Waals surface area contributed by atoms with Gasteiger partial charge in [-0.25, -0.2) is 9.78 Å². The van der Waals surface area contributed by atoms with Crippen LogP contribution >= 0.6 is 0 Å². The van der Waals surface area contributed by atoms with Gasteiger partial charge in [0.15, 0.2) is 5.78 Å². The molecule has 1 N–H and O–H groups in total. The monoisotopic (exact) mass is 440 g/mol. The molecule has 33 heavy (non-hydrogen) atoms. The summed E-state index contributed by atoms with van der Waals surface area (Å²) in [6.45, 7) is 0.531. The topological polar surface area (TPSA) is 81.3 Å². The number of H-pyrrole nitrogens is 1. The molecule has 3 aromatic carbocycles. The van der Waals surface area contributed by atoms with Crippen molar-refractivity contribution in [2.24, 2.45) is 0 Å². The molecule has 0 atom stereocenters. The van der Waals surface area contributed by atoms with Crippen LogP contribution < -0.4 is 4.74 Å². The molecule has 0 aliphatic rings. The molecule has 0 unspecified atom stereocenters. The highest BCUT2D eigenvalue weighted by Gasteiger charge is 2.12. The summed E-state index contributed by atoms with van der Waals surface area (Å²) in [6.07, 6.45) is 4.42. The Morgan fingerprint density at radius 2 is 1.67 bits per heavy atom. The zero-order chi connectivity index (χ0) is 23.0. The number of Topliss-reactive ketones (excluding diaryl/α,β-unsaturated/α-hetero) is 1. The summed E-state index contributed by atoms with van der Waals surface area (Å²) in [6, 6.07) is 22.4. The first-order valence-corrected chi connectivity index (χ1v) is 10.6. The minimum absolute atomic E-state index is 0.0488. The Bertz CT molecular complexity index is 1230. The van der Waals surface area contributed by atoms with Crippen molar-refractivity contribution in [3.05, 3.63) is 108 Å². The number of nitrogens with one attached hydrogen (secondary N) is 1. The number of imidazole rings is 1. The number of ether oxygens (including phenoxy) is 2. The van der Waals surface area contributed by atoms with Gasteiger partial charge in [0, 0.05) is 24.0 Å². The number of hydrogen-bond acceptors (Lipinski definition) is 5. The molecule has 4 rings (SSSR count). The fourth-order valence-electron chi connectivity index (χ4n) is 3.55. The number of nitrogens with zero attached hydrogens (tertiary/aromatic N) is 1. The van der Waals surface area contributed by atoms with E-state index in [2.05, 4.69) is 9.97 Å². The van der Waals surface area contributed by atoms with Gasteiger partial charge in [-0.2, -0.15) is 0 Å². The highest BCUT2D eigenvalue weighted by molar-refractivity contribution is 6.00. The molecule has 0 saturated carbocycles. The van der Waals surface area contributed by atoms with Gasteiger partial charge in [0.2, 0.25) is 0 Å². The number of aromatic nitrogens is 2. The van der Waals surface area contributed by atoms with E-state index >= 15 is 0 Å². The van der Waals surface area contributed by atoms with Gasteiger partial charge < -0.3 is 14.5 Å². The van der Waals surface area contributed by atoms with Crippen molar-refractivity contribution in [1.29, 1.82) is 0 Å². The van der Waals surface area contributed by atoms with E-state index in [0.717, 1.165) is 34.6 Å². The fraction of sp³-hybridized carbons (Fsp3) is 0.148. The fourth-order valence-corrected chi connectivity index (χ4v) is 3.55. The lowest BCUT2D eigenvalue weighted by Gasteiger charge is -2.11. The van der Waals surface area contributed by atoms with Crippen molar-refractivity contribution < 1.29 is 19.1 Å². The van der Waals surface area contributed by atoms with Crippen molar-refractivity contribution in [3.63, 3.8) is 0 Å². The molecule has 0 aliphatic carbocycles. The average molecular weight is 440 g/mol. The first-order chi connectivity index (χ1) is 16.1. The van der Waals surface area contributed by atoms with Crippen LogP contribution in [0, 0.1) is 0 Å². The third kappa shape index (κ3) is 5.54. The summed E-state index contributed by atoms with van der Waals surface area (Å²) in [5, 5.41) is 0. The quantitative estimate of drug-likeness (QED) is 0.295. The average Bonchev–Trinajstić information content (AvgIpc) is 3.40. The van der Waals surface area contributed by atoms with E-state index in [1.54, 1.807) is 36.8 Å². The van der Waals surface area contributed by atoms with E-state index in [4.69, 9.17) is 9.47 Å². The molecule has 1 aromatic heterocycles. The van der Waals surface area contributed by atoms with E-state index in [0.29, 0.717) is 17.7 Å². The zero-order valence-electron chi connectivity index (χ0n) is 18.3. The second-order valence-corrected chi connectivity index (χ2v) is 7.55. The maximum atomic E-state index is 12.6. The van der Waals surface area contributed by atoms with Gasteiger partial charge in [0.1, 0.15) is 5.75 Å². The van der Waals surface area contributed by atoms with Crippen LogP contribution in [0.3, 0.4) is 0 Å². The van der Waals surface area contributed by atoms with E-state index in [-0.39, 0.29) is 12.2 Å². The number of carbonyl (C=O) groups is 2. The number of benzene rings is 3. The maximum absolute atomic E-state index is 12.6. The minimum Gasteiger partial charge on any atom is -0.493 e. The van der Waals surface area contributed by atoms with Gasteiger partial charge in [-0.3, -0.25) is 4.79 Å². The number of hydrogen-bond donors (Lipinski definition) is 1. The van der Waals surface area contributed by atoms with Gasteiger partial charge in [-0.05, 0) is 35.4 Å². The molecule has 0 spiro atoms. The van der Waals surface area contributed by atoms with Crippen molar-refractivity contribution in [2.45, 2.75) is 12.8 Å². The second kappa shape index (κ2) is 10.4. The predicted octanol–water partition coefficient (Wildman–Crippen LogP) is 4.91. The summed E-state index contributed by atoms with van der Waals surface area (Å²) < 4.78 is 10.7. The largest absolute Gasteiger partial charge is 0.493 e. The Morgan fingerprint density at radius 1 is 0.909 bits per heavy atom. The molecule has 0 fully saturated rings. The summed E-state index contributed by atoms with van der Waals surface area (Å²) in [5.74, 6) is 0.300. The van der Waals surface area contributed by atoms with E-state index in [1.807, 2.05) is 48.5 Å². The Kier molecular flexibility index (Phi) is 6.95. The molecule has 0 saturated heterocycles. The number of carbonyl (C=O) groups excluding carboxylic acids is 2. The third-order valence-corrected chi connectivity index (χ3v) is 5.32.